The van der Waals surface area contributed by atoms with Gasteiger partial charge < -0.3 is 15.4 Å². The Hall–Kier alpha value is -1.43. The molecule has 1 saturated heterocycles. The number of benzene rings is 1. The molecule has 1 aliphatic carbocycles. The summed E-state index contributed by atoms with van der Waals surface area (Å²) in [6.45, 7) is 2.05. The summed E-state index contributed by atoms with van der Waals surface area (Å²) in [7, 11) is 0. The Morgan fingerprint density at radius 3 is 3.00 bits per heavy atom. The van der Waals surface area contributed by atoms with E-state index in [4.69, 9.17) is 4.74 Å². The van der Waals surface area contributed by atoms with Crippen LogP contribution in [0.5, 0.6) is 0 Å². The smallest absolute Gasteiger partial charge is 0.226 e. The van der Waals surface area contributed by atoms with Crippen LogP contribution in [0.1, 0.15) is 35.2 Å². The molecule has 2 N–H and O–H groups in total. The fourth-order valence-corrected chi connectivity index (χ4v) is 2.89. The average Bonchev–Trinajstić information content (AvgIpc) is 2.49. The molecule has 2 aliphatic rings. The van der Waals surface area contributed by atoms with Gasteiger partial charge in [-0.05, 0) is 30.5 Å². The third-order valence-electron chi connectivity index (χ3n) is 3.97. The summed E-state index contributed by atoms with van der Waals surface area (Å²) >= 11 is 0. The van der Waals surface area contributed by atoms with Crippen LogP contribution < -0.4 is 10.6 Å². The number of rotatable bonds is 3. The highest BCUT2D eigenvalue weighted by atomic mass is 35.5. The fourth-order valence-electron chi connectivity index (χ4n) is 2.89. The number of ether oxygens (including phenoxy) is 1. The highest BCUT2D eigenvalue weighted by Gasteiger charge is 2.19. The second kappa shape index (κ2) is 7.72. The summed E-state index contributed by atoms with van der Waals surface area (Å²) in [4.78, 5) is 23.9. The number of nitrogens with one attached hydrogen (secondary N) is 2. The molecule has 3 rings (SSSR count). The normalized spacial score (nSPS) is 20.7. The summed E-state index contributed by atoms with van der Waals surface area (Å²) < 4.78 is 5.33. The van der Waals surface area contributed by atoms with E-state index in [-0.39, 0.29) is 30.1 Å². The molecule has 120 valence electrons. The van der Waals surface area contributed by atoms with Gasteiger partial charge in [0.05, 0.1) is 13.2 Å². The number of halogens is 1. The molecule has 1 aromatic rings. The maximum absolute atomic E-state index is 12.0. The zero-order valence-corrected chi connectivity index (χ0v) is 13.2. The lowest BCUT2D eigenvalue weighted by molar-refractivity contribution is -0.117. The van der Waals surface area contributed by atoms with Gasteiger partial charge in [0.25, 0.3) is 0 Å². The van der Waals surface area contributed by atoms with Crippen LogP contribution in [0, 0.1) is 0 Å². The predicted molar refractivity (Wildman–Crippen MR) is 86.8 cm³/mol. The molecule has 1 amide bonds. The van der Waals surface area contributed by atoms with E-state index in [0.717, 1.165) is 30.5 Å². The summed E-state index contributed by atoms with van der Waals surface area (Å²) in [5.41, 5.74) is 2.55. The number of Topliss-reactive ketones (excluding diaryl/α,β-unsaturated/α-hetero) is 1. The fraction of sp³-hybridized carbons (Fsp3) is 0.500. The highest BCUT2D eigenvalue weighted by molar-refractivity contribution is 6.00. The monoisotopic (exact) mass is 324 g/mol. The number of aryl methyl sites for hydroxylation is 1. The Bertz CT molecular complexity index is 556. The first-order valence-corrected chi connectivity index (χ1v) is 7.49. The van der Waals surface area contributed by atoms with Crippen LogP contribution in [-0.2, 0) is 16.0 Å². The second-order valence-corrected chi connectivity index (χ2v) is 5.63. The molecule has 0 radical (unpaired) electrons. The van der Waals surface area contributed by atoms with Crippen LogP contribution in [0.4, 0.5) is 5.69 Å². The highest BCUT2D eigenvalue weighted by Crippen LogP contribution is 2.24. The van der Waals surface area contributed by atoms with Crippen molar-refractivity contribution in [1.29, 1.82) is 0 Å². The van der Waals surface area contributed by atoms with E-state index in [0.29, 0.717) is 31.7 Å². The van der Waals surface area contributed by atoms with Crippen molar-refractivity contribution in [3.05, 3.63) is 29.3 Å². The molecule has 6 heteroatoms. The van der Waals surface area contributed by atoms with Gasteiger partial charge in [0.15, 0.2) is 5.78 Å². The Morgan fingerprint density at radius 2 is 2.23 bits per heavy atom. The minimum Gasteiger partial charge on any atom is -0.378 e. The van der Waals surface area contributed by atoms with Gasteiger partial charge >= 0.3 is 0 Å². The van der Waals surface area contributed by atoms with Crippen LogP contribution in [0.2, 0.25) is 0 Å². The van der Waals surface area contributed by atoms with Crippen molar-refractivity contribution < 1.29 is 14.3 Å². The van der Waals surface area contributed by atoms with Gasteiger partial charge in [-0.1, -0.05) is 6.07 Å². The molecule has 1 fully saturated rings. The SMILES string of the molecule is Cl.O=C(CC1COCCN1)Nc1ccc2c(c1)C(=O)CCC2. The Labute approximate surface area is 136 Å². The topological polar surface area (TPSA) is 67.4 Å². The molecule has 1 aromatic carbocycles. The Morgan fingerprint density at radius 1 is 1.36 bits per heavy atom. The number of hydrogen-bond donors (Lipinski definition) is 2. The standard InChI is InChI=1S/C16H20N2O3.ClH/c19-15-3-1-2-11-4-5-12(8-14(11)15)18-16(20)9-13-10-21-7-6-17-13;/h4-5,8,13,17H,1-3,6-7,9-10H2,(H,18,20);1H. The van der Waals surface area contributed by atoms with Gasteiger partial charge in [-0.15, -0.1) is 12.4 Å². The molecular weight excluding hydrogens is 304 g/mol. The van der Waals surface area contributed by atoms with Crippen LogP contribution >= 0.6 is 12.4 Å². The Kier molecular flexibility index (Phi) is 5.94. The van der Waals surface area contributed by atoms with Crippen molar-refractivity contribution in [3.63, 3.8) is 0 Å². The van der Waals surface area contributed by atoms with E-state index in [1.54, 1.807) is 6.07 Å². The van der Waals surface area contributed by atoms with Crippen LogP contribution in [0.3, 0.4) is 0 Å². The Balaban J connectivity index is 0.00000176. The van der Waals surface area contributed by atoms with E-state index in [9.17, 15) is 9.59 Å². The largest absolute Gasteiger partial charge is 0.378 e. The number of hydrogen-bond acceptors (Lipinski definition) is 4. The van der Waals surface area contributed by atoms with E-state index in [1.807, 2.05) is 12.1 Å². The summed E-state index contributed by atoms with van der Waals surface area (Å²) in [6, 6.07) is 5.70. The first-order chi connectivity index (χ1) is 10.2. The molecular formula is C16H21ClN2O3. The number of fused-ring (bicyclic) bond motifs is 1. The van der Waals surface area contributed by atoms with Gasteiger partial charge in [0.1, 0.15) is 0 Å². The van der Waals surface area contributed by atoms with Gasteiger partial charge in [-0.25, -0.2) is 0 Å². The van der Waals surface area contributed by atoms with E-state index in [1.165, 1.54) is 0 Å². The van der Waals surface area contributed by atoms with Crippen molar-refractivity contribution in [2.24, 2.45) is 0 Å². The van der Waals surface area contributed by atoms with Crippen LogP contribution in [-0.4, -0.2) is 37.5 Å². The van der Waals surface area contributed by atoms with Crippen molar-refractivity contribution in [1.82, 2.24) is 5.32 Å². The van der Waals surface area contributed by atoms with Gasteiger partial charge in [0, 0.05) is 36.7 Å². The van der Waals surface area contributed by atoms with E-state index >= 15 is 0 Å². The van der Waals surface area contributed by atoms with Crippen molar-refractivity contribution in [2.45, 2.75) is 31.7 Å². The molecule has 1 heterocycles. The lowest BCUT2D eigenvalue weighted by Crippen LogP contribution is -2.43. The van der Waals surface area contributed by atoms with Crippen LogP contribution in [0.15, 0.2) is 18.2 Å². The molecule has 0 saturated carbocycles. The number of morpholine rings is 1. The van der Waals surface area contributed by atoms with Crippen molar-refractivity contribution in [2.75, 3.05) is 25.1 Å². The van der Waals surface area contributed by atoms with E-state index in [2.05, 4.69) is 10.6 Å². The molecule has 1 atom stereocenters. The zero-order valence-electron chi connectivity index (χ0n) is 12.4. The number of ketones is 1. The van der Waals surface area contributed by atoms with Gasteiger partial charge in [-0.3, -0.25) is 9.59 Å². The van der Waals surface area contributed by atoms with Crippen molar-refractivity contribution in [3.8, 4) is 0 Å². The average molecular weight is 325 g/mol. The lowest BCUT2D eigenvalue weighted by Gasteiger charge is -2.23. The molecule has 0 bridgehead atoms. The molecule has 22 heavy (non-hydrogen) atoms. The molecule has 5 nitrogen and oxygen atoms in total. The maximum atomic E-state index is 12.0. The molecule has 1 unspecified atom stereocenters. The maximum Gasteiger partial charge on any atom is 0.226 e. The summed E-state index contributed by atoms with van der Waals surface area (Å²) in [5.74, 6) is 0.121. The number of carbonyl (C=O) groups is 2. The minimum absolute atomic E-state index is 0. The third kappa shape index (κ3) is 4.06. The summed E-state index contributed by atoms with van der Waals surface area (Å²) in [5, 5.41) is 6.13. The van der Waals surface area contributed by atoms with Gasteiger partial charge in [-0.2, -0.15) is 0 Å². The summed E-state index contributed by atoms with van der Waals surface area (Å²) in [6.07, 6.45) is 2.85. The lowest BCUT2D eigenvalue weighted by atomic mass is 9.90. The van der Waals surface area contributed by atoms with E-state index < -0.39 is 0 Å². The zero-order chi connectivity index (χ0) is 14.7. The number of anilines is 1. The first kappa shape index (κ1) is 16.9. The quantitative estimate of drug-likeness (QED) is 0.891. The predicted octanol–water partition coefficient (Wildman–Crippen LogP) is 1.94. The van der Waals surface area contributed by atoms with Crippen LogP contribution in [0.25, 0.3) is 0 Å². The first-order valence-electron chi connectivity index (χ1n) is 7.49. The molecule has 1 aliphatic heterocycles. The second-order valence-electron chi connectivity index (χ2n) is 5.63. The molecule has 0 spiro atoms. The molecule has 0 aromatic heterocycles. The minimum atomic E-state index is -0.0544. The van der Waals surface area contributed by atoms with Gasteiger partial charge in [0.2, 0.25) is 5.91 Å². The number of carbonyl (C=O) groups excluding carboxylic acids is 2. The third-order valence-corrected chi connectivity index (χ3v) is 3.97. The van der Waals surface area contributed by atoms with Crippen molar-refractivity contribution >= 4 is 29.8 Å². The number of amides is 1.